The van der Waals surface area contributed by atoms with Crippen molar-refractivity contribution in [2.75, 3.05) is 25.6 Å². The van der Waals surface area contributed by atoms with Crippen LogP contribution in [0.4, 0.5) is 10.1 Å². The van der Waals surface area contributed by atoms with Crippen LogP contribution in [-0.4, -0.2) is 51.8 Å². The Bertz CT molecular complexity index is 1810. The lowest BCUT2D eigenvalue weighted by Crippen LogP contribution is -2.39. The number of nitrogens with two attached hydrogens (primary N) is 1. The molecule has 2 aliphatic rings. The van der Waals surface area contributed by atoms with Gasteiger partial charge in [-0.05, 0) is 60.6 Å². The van der Waals surface area contributed by atoms with Crippen molar-refractivity contribution < 1.29 is 23.8 Å². The molecular weight excluding hydrogens is 609 g/mol. The number of hydrogen-bond acceptors (Lipinski definition) is 7. The summed E-state index contributed by atoms with van der Waals surface area (Å²) in [4.78, 5) is 20.4. The third kappa shape index (κ3) is 5.64. The van der Waals surface area contributed by atoms with Gasteiger partial charge in [0, 0.05) is 62.2 Å². The van der Waals surface area contributed by atoms with Crippen molar-refractivity contribution in [2.24, 2.45) is 12.8 Å². The zero-order chi connectivity index (χ0) is 32.7. The van der Waals surface area contributed by atoms with Gasteiger partial charge in [0.15, 0.2) is 11.6 Å². The van der Waals surface area contributed by atoms with Gasteiger partial charge in [0.2, 0.25) is 0 Å². The third-order valence-corrected chi connectivity index (χ3v) is 9.74. The minimum Gasteiger partial charge on any atom is -0.496 e. The quantitative estimate of drug-likeness (QED) is 0.213. The fourth-order valence-electron chi connectivity index (χ4n) is 6.70. The van der Waals surface area contributed by atoms with Crippen LogP contribution in [0.2, 0.25) is 5.02 Å². The summed E-state index contributed by atoms with van der Waals surface area (Å²) in [6, 6.07) is 13.6. The first kappa shape index (κ1) is 32.0. The molecule has 2 atom stereocenters. The Morgan fingerprint density at radius 3 is 2.72 bits per heavy atom. The summed E-state index contributed by atoms with van der Waals surface area (Å²) < 4.78 is 28.5. The number of halogens is 2. The number of rotatable bonds is 9. The standard InChI is InChI=1S/C35H39ClFN5O4/c1-19(18-43)42-14-13-28-27(17-42)39-34(41(28)3)35(44)40-26-10-6-7-21(20(26)2)22-8-5-9-24-23(22)11-12-29(24)46-31-15-30(45-4)25(16-38)33(37)32(31)36/h5-10,15,19,29,43H,11-14,16-18,38H2,1-4H3,(H,40,44). The zero-order valence-corrected chi connectivity index (χ0v) is 27.2. The molecule has 3 aromatic carbocycles. The van der Waals surface area contributed by atoms with Crippen LogP contribution in [0.25, 0.3) is 11.1 Å². The van der Waals surface area contributed by atoms with E-state index in [-0.39, 0.29) is 47.5 Å². The normalized spacial score (nSPS) is 16.6. The highest BCUT2D eigenvalue weighted by Crippen LogP contribution is 2.44. The second-order valence-electron chi connectivity index (χ2n) is 12.0. The van der Waals surface area contributed by atoms with Crippen LogP contribution in [-0.2, 0) is 33.0 Å². The Labute approximate surface area is 273 Å². The van der Waals surface area contributed by atoms with Crippen LogP contribution in [0.5, 0.6) is 11.5 Å². The summed E-state index contributed by atoms with van der Waals surface area (Å²) in [5.41, 5.74) is 13.7. The van der Waals surface area contributed by atoms with Crippen molar-refractivity contribution in [3.8, 4) is 22.6 Å². The van der Waals surface area contributed by atoms with E-state index in [1.807, 2.05) is 55.8 Å². The van der Waals surface area contributed by atoms with Gasteiger partial charge in [0.05, 0.1) is 19.4 Å². The molecule has 242 valence electrons. The molecule has 1 aliphatic heterocycles. The molecule has 1 aliphatic carbocycles. The van der Waals surface area contributed by atoms with Crippen LogP contribution >= 0.6 is 11.6 Å². The van der Waals surface area contributed by atoms with E-state index >= 15 is 0 Å². The zero-order valence-electron chi connectivity index (χ0n) is 26.5. The maximum Gasteiger partial charge on any atom is 0.291 e. The average molecular weight is 648 g/mol. The molecule has 6 rings (SSSR count). The number of methoxy groups -OCH3 is 1. The summed E-state index contributed by atoms with van der Waals surface area (Å²) in [7, 11) is 3.34. The van der Waals surface area contributed by atoms with Crippen molar-refractivity contribution in [1.29, 1.82) is 0 Å². The van der Waals surface area contributed by atoms with E-state index < -0.39 is 5.82 Å². The highest BCUT2D eigenvalue weighted by molar-refractivity contribution is 6.32. The van der Waals surface area contributed by atoms with Gasteiger partial charge >= 0.3 is 0 Å². The molecular formula is C35H39ClFN5O4. The highest BCUT2D eigenvalue weighted by Gasteiger charge is 2.30. The number of benzene rings is 3. The van der Waals surface area contributed by atoms with Crippen molar-refractivity contribution in [3.05, 3.63) is 92.8 Å². The topological polar surface area (TPSA) is 115 Å². The minimum atomic E-state index is -0.635. The number of aromatic nitrogens is 2. The van der Waals surface area contributed by atoms with Gasteiger partial charge < -0.3 is 30.2 Å². The number of anilines is 1. The molecule has 46 heavy (non-hydrogen) atoms. The molecule has 2 heterocycles. The van der Waals surface area contributed by atoms with Crippen molar-refractivity contribution >= 4 is 23.2 Å². The fourth-order valence-corrected chi connectivity index (χ4v) is 6.92. The molecule has 0 bridgehead atoms. The number of amides is 1. The summed E-state index contributed by atoms with van der Waals surface area (Å²) in [5.74, 6) is -0.0382. The molecule has 4 N–H and O–H groups in total. The van der Waals surface area contributed by atoms with Crippen LogP contribution in [0, 0.1) is 12.7 Å². The van der Waals surface area contributed by atoms with Crippen LogP contribution in [0.1, 0.15) is 63.7 Å². The minimum absolute atomic E-state index is 0.0336. The second-order valence-corrected chi connectivity index (χ2v) is 12.4. The Kier molecular flexibility index (Phi) is 9.07. The number of imidazole rings is 1. The van der Waals surface area contributed by atoms with Crippen LogP contribution in [0.3, 0.4) is 0 Å². The summed E-state index contributed by atoms with van der Waals surface area (Å²) >= 11 is 6.36. The van der Waals surface area contributed by atoms with Crippen molar-refractivity contribution in [2.45, 2.75) is 58.3 Å². The maximum absolute atomic E-state index is 15.0. The molecule has 11 heteroatoms. The molecule has 4 aromatic rings. The molecule has 1 amide bonds. The first-order valence-corrected chi connectivity index (χ1v) is 15.9. The maximum atomic E-state index is 15.0. The number of nitrogens with zero attached hydrogens (tertiary/aromatic N) is 3. The number of ether oxygens (including phenoxy) is 2. The smallest absolute Gasteiger partial charge is 0.291 e. The van der Waals surface area contributed by atoms with Gasteiger partial charge in [0.25, 0.3) is 5.91 Å². The van der Waals surface area contributed by atoms with E-state index in [1.54, 1.807) is 6.07 Å². The predicted octanol–water partition coefficient (Wildman–Crippen LogP) is 5.71. The SMILES string of the molecule is COc1cc(OC2CCc3c(-c4cccc(NC(=O)c5nc6c(n5C)CCN(C(C)CO)C6)c4C)cccc32)c(Cl)c(F)c1CN. The van der Waals surface area contributed by atoms with E-state index in [9.17, 15) is 14.3 Å². The molecule has 1 aromatic heterocycles. The number of aliphatic hydroxyl groups excluding tert-OH is 1. The fraction of sp³-hybridized carbons (Fsp3) is 0.371. The van der Waals surface area contributed by atoms with Gasteiger partial charge in [-0.15, -0.1) is 0 Å². The molecule has 2 unspecified atom stereocenters. The van der Waals surface area contributed by atoms with E-state index in [0.29, 0.717) is 30.2 Å². The lowest BCUT2D eigenvalue weighted by molar-refractivity contribution is 0.101. The predicted molar refractivity (Wildman–Crippen MR) is 176 cm³/mol. The number of carbonyl (C=O) groups excluding carboxylic acids is 1. The van der Waals surface area contributed by atoms with Gasteiger partial charge in [-0.25, -0.2) is 9.37 Å². The van der Waals surface area contributed by atoms with Gasteiger partial charge in [-0.2, -0.15) is 0 Å². The highest BCUT2D eigenvalue weighted by atomic mass is 35.5. The van der Waals surface area contributed by atoms with Crippen molar-refractivity contribution in [3.63, 3.8) is 0 Å². The third-order valence-electron chi connectivity index (χ3n) is 9.39. The Morgan fingerprint density at radius 2 is 1.98 bits per heavy atom. The Morgan fingerprint density at radius 1 is 1.22 bits per heavy atom. The molecule has 0 radical (unpaired) electrons. The van der Waals surface area contributed by atoms with Crippen LogP contribution in [0.15, 0.2) is 42.5 Å². The van der Waals surface area contributed by atoms with Gasteiger partial charge in [0.1, 0.15) is 22.6 Å². The van der Waals surface area contributed by atoms with E-state index in [4.69, 9.17) is 31.8 Å². The van der Waals surface area contributed by atoms with Crippen molar-refractivity contribution in [1.82, 2.24) is 14.5 Å². The van der Waals surface area contributed by atoms with Gasteiger partial charge in [-0.1, -0.05) is 41.9 Å². The largest absolute Gasteiger partial charge is 0.496 e. The number of aliphatic hydroxyl groups is 1. The van der Waals surface area contributed by atoms with E-state index in [2.05, 4.69) is 16.3 Å². The summed E-state index contributed by atoms with van der Waals surface area (Å²) in [6.07, 6.45) is 1.89. The number of fused-ring (bicyclic) bond motifs is 2. The number of hydrogen-bond donors (Lipinski definition) is 3. The lowest BCUT2D eigenvalue weighted by atomic mass is 9.93. The Balaban J connectivity index is 1.25. The van der Waals surface area contributed by atoms with Gasteiger partial charge in [-0.3, -0.25) is 9.69 Å². The molecule has 0 fully saturated rings. The van der Waals surface area contributed by atoms with E-state index in [1.165, 1.54) is 7.11 Å². The molecule has 0 saturated carbocycles. The van der Waals surface area contributed by atoms with Crippen LogP contribution < -0.4 is 20.5 Å². The monoisotopic (exact) mass is 647 g/mol. The molecule has 9 nitrogen and oxygen atoms in total. The summed E-state index contributed by atoms with van der Waals surface area (Å²) in [6.45, 7) is 5.43. The first-order chi connectivity index (χ1) is 22.2. The molecule has 0 spiro atoms. The summed E-state index contributed by atoms with van der Waals surface area (Å²) in [5, 5.41) is 12.6. The first-order valence-electron chi connectivity index (χ1n) is 15.5. The molecule has 0 saturated heterocycles. The second kappa shape index (κ2) is 13.0. The lowest BCUT2D eigenvalue weighted by Gasteiger charge is -2.30. The average Bonchev–Trinajstić information content (AvgIpc) is 3.63. The number of carbonyl (C=O) groups is 1. The Hall–Kier alpha value is -3.96. The number of nitrogens with one attached hydrogen (secondary N) is 1. The van der Waals surface area contributed by atoms with E-state index in [0.717, 1.165) is 58.6 Å².